The minimum absolute atomic E-state index is 0.0131. The van der Waals surface area contributed by atoms with Crippen LogP contribution < -0.4 is 21.3 Å². The number of ether oxygens (including phenoxy) is 4. The predicted octanol–water partition coefficient (Wildman–Crippen LogP) is 4.74. The van der Waals surface area contributed by atoms with Crippen LogP contribution in [0.15, 0.2) is 103 Å². The summed E-state index contributed by atoms with van der Waals surface area (Å²) in [6.07, 6.45) is -11.6. The van der Waals surface area contributed by atoms with Gasteiger partial charge in [-0.1, -0.05) is 102 Å². The van der Waals surface area contributed by atoms with E-state index in [-0.39, 0.29) is 31.9 Å². The van der Waals surface area contributed by atoms with Gasteiger partial charge < -0.3 is 55.5 Å². The van der Waals surface area contributed by atoms with E-state index >= 15 is 0 Å². The maximum Gasteiger partial charge on any atom is 0.602 e. The second kappa shape index (κ2) is 20.7. The Bertz CT molecular complexity index is 2490. The number of benzene rings is 4. The van der Waals surface area contributed by atoms with Crippen LogP contribution in [0.5, 0.6) is 0 Å². The van der Waals surface area contributed by atoms with Crippen molar-refractivity contribution in [1.82, 2.24) is 21.3 Å². The highest BCUT2D eigenvalue weighted by Gasteiger charge is 2.50. The van der Waals surface area contributed by atoms with E-state index in [0.717, 1.165) is 33.4 Å². The summed E-state index contributed by atoms with van der Waals surface area (Å²) in [6.45, 7) is 9.57. The first-order valence-corrected chi connectivity index (χ1v) is 22.6. The van der Waals surface area contributed by atoms with Gasteiger partial charge in [0.15, 0.2) is 5.71 Å². The molecule has 0 spiro atoms. The summed E-state index contributed by atoms with van der Waals surface area (Å²) in [5.74, 6) is -1.95. The van der Waals surface area contributed by atoms with Crippen LogP contribution >= 0.6 is 0 Å². The summed E-state index contributed by atoms with van der Waals surface area (Å²) in [4.78, 5) is 69.4. The first-order chi connectivity index (χ1) is 32.3. The summed E-state index contributed by atoms with van der Waals surface area (Å²) < 4.78 is 24.4. The summed E-state index contributed by atoms with van der Waals surface area (Å²) in [5, 5.41) is 44.3. The first-order valence-electron chi connectivity index (χ1n) is 22.6. The number of alkyl carbamates (subject to hydrolysis) is 2. The largest absolute Gasteiger partial charge is 0.602 e. The van der Waals surface area contributed by atoms with Crippen molar-refractivity contribution in [1.29, 1.82) is 0 Å². The lowest BCUT2D eigenvalue weighted by Gasteiger charge is -2.43. The molecule has 7 atom stereocenters. The third-order valence-corrected chi connectivity index (χ3v) is 11.7. The van der Waals surface area contributed by atoms with Crippen molar-refractivity contribution < 1.29 is 62.8 Å². The van der Waals surface area contributed by atoms with Crippen LogP contribution in [0.4, 0.5) is 20.1 Å². The average Bonchev–Trinajstić information content (AvgIpc) is 3.82. The van der Waals surface area contributed by atoms with Crippen LogP contribution in [0.1, 0.15) is 76.1 Å². The van der Waals surface area contributed by atoms with Crippen molar-refractivity contribution in [3.05, 3.63) is 125 Å². The molecule has 4 aromatic rings. The molecule has 2 heterocycles. The minimum atomic E-state index is -1.99. The van der Waals surface area contributed by atoms with Crippen molar-refractivity contribution in [2.75, 3.05) is 13.2 Å². The Labute approximate surface area is 394 Å². The van der Waals surface area contributed by atoms with Gasteiger partial charge in [-0.2, -0.15) is 4.79 Å². The number of carbonyl (C=O) groups is 5. The summed E-state index contributed by atoms with van der Waals surface area (Å²) in [7, 11) is 0. The van der Waals surface area contributed by atoms with Gasteiger partial charge in [0, 0.05) is 30.6 Å². The number of hydrogen-bond acceptors (Lipinski definition) is 12. The van der Waals surface area contributed by atoms with E-state index in [1.807, 2.05) is 78.9 Å². The highest BCUT2D eigenvalue weighted by Crippen LogP contribution is 2.44. The van der Waals surface area contributed by atoms with E-state index in [2.05, 4.69) is 21.3 Å². The van der Waals surface area contributed by atoms with Gasteiger partial charge in [0.25, 0.3) is 0 Å². The molecule has 0 saturated carbocycles. The fraction of sp³-hybridized carbons (Fsp3) is 0.412. The Morgan fingerprint density at radius 2 is 1.29 bits per heavy atom. The van der Waals surface area contributed by atoms with Crippen molar-refractivity contribution in [2.45, 2.75) is 121 Å². The molecule has 0 bridgehead atoms. The Hall–Kier alpha value is -6.66. The fourth-order valence-electron chi connectivity index (χ4n) is 8.65. The lowest BCUT2D eigenvalue weighted by Crippen LogP contribution is -2.68. The van der Waals surface area contributed by atoms with Crippen LogP contribution in [-0.4, -0.2) is 123 Å². The SMILES string of the molecule is CC(C)(C)OC(=O)NC(C(=O)N[C@@H](CC1=[N+](C(=O)OC(C)(C)C)c2ccccc2C1)C(=O)NCc1ccccc1)[C@@H]1OC(CNC(=O)OCC2c3ccccc3-c3ccccc32)[C@@H](O)[C@H](O)C1O. The number of nitrogens with one attached hydrogen (secondary N) is 4. The topological polar surface area (TPSA) is 234 Å². The Morgan fingerprint density at radius 3 is 1.94 bits per heavy atom. The van der Waals surface area contributed by atoms with E-state index in [0.29, 0.717) is 11.4 Å². The van der Waals surface area contributed by atoms with Crippen LogP contribution in [0.25, 0.3) is 11.1 Å². The van der Waals surface area contributed by atoms with Crippen LogP contribution in [-0.2, 0) is 41.5 Å². The maximum absolute atomic E-state index is 14.7. The molecule has 17 nitrogen and oxygen atoms in total. The van der Waals surface area contributed by atoms with E-state index in [1.165, 1.54) is 4.58 Å². The molecule has 360 valence electrons. The lowest BCUT2D eigenvalue weighted by molar-refractivity contribution is -0.362. The summed E-state index contributed by atoms with van der Waals surface area (Å²) in [6, 6.07) is 28.6. The number of para-hydroxylation sites is 1. The smallest absolute Gasteiger partial charge is 0.449 e. The van der Waals surface area contributed by atoms with Crippen molar-refractivity contribution >= 4 is 41.5 Å². The molecule has 1 fully saturated rings. The fourth-order valence-corrected chi connectivity index (χ4v) is 8.65. The monoisotopic (exact) mass is 934 g/mol. The normalized spacial score (nSPS) is 20.8. The number of hydrogen-bond donors (Lipinski definition) is 7. The first kappa shape index (κ1) is 49.3. The Morgan fingerprint density at radius 1 is 0.691 bits per heavy atom. The van der Waals surface area contributed by atoms with Crippen LogP contribution in [0, 0.1) is 0 Å². The highest BCUT2D eigenvalue weighted by atomic mass is 16.6. The van der Waals surface area contributed by atoms with E-state index in [9.17, 15) is 39.3 Å². The predicted molar refractivity (Wildman–Crippen MR) is 249 cm³/mol. The Kier molecular flexibility index (Phi) is 15.0. The molecule has 3 unspecified atom stereocenters. The van der Waals surface area contributed by atoms with Gasteiger partial charge in [-0.3, -0.25) is 9.59 Å². The average molecular weight is 935 g/mol. The summed E-state index contributed by atoms with van der Waals surface area (Å²) in [5.41, 5.74) is 4.65. The molecule has 3 aliphatic rings. The molecular weight excluding hydrogens is 875 g/mol. The van der Waals surface area contributed by atoms with Gasteiger partial charge in [-0.15, -0.1) is 0 Å². The van der Waals surface area contributed by atoms with E-state index < -0.39 is 90.4 Å². The molecule has 7 N–H and O–H groups in total. The molecule has 4 aromatic carbocycles. The Balaban J connectivity index is 1.12. The zero-order valence-electron chi connectivity index (χ0n) is 38.9. The zero-order chi connectivity index (χ0) is 48.9. The van der Waals surface area contributed by atoms with Gasteiger partial charge in [-0.25, -0.2) is 9.59 Å². The molecule has 0 aromatic heterocycles. The minimum Gasteiger partial charge on any atom is -0.449 e. The number of fused-ring (bicyclic) bond motifs is 4. The third-order valence-electron chi connectivity index (χ3n) is 11.7. The second-order valence-corrected chi connectivity index (χ2v) is 19.1. The van der Waals surface area contributed by atoms with E-state index in [1.54, 1.807) is 65.8 Å². The molecule has 7 rings (SSSR count). The molecular formula is C51H60N5O12+. The van der Waals surface area contributed by atoms with Crippen LogP contribution in [0.3, 0.4) is 0 Å². The molecule has 2 aliphatic heterocycles. The van der Waals surface area contributed by atoms with E-state index in [4.69, 9.17) is 18.9 Å². The number of amides is 5. The molecule has 17 heteroatoms. The number of aliphatic hydroxyl groups excluding tert-OH is 3. The molecule has 5 amide bonds. The van der Waals surface area contributed by atoms with Crippen molar-refractivity contribution in [3.63, 3.8) is 0 Å². The number of nitrogens with zero attached hydrogens (tertiary/aromatic N) is 1. The number of rotatable bonds is 13. The molecule has 68 heavy (non-hydrogen) atoms. The van der Waals surface area contributed by atoms with Gasteiger partial charge in [-0.05, 0) is 69.4 Å². The van der Waals surface area contributed by atoms with Crippen LogP contribution in [0.2, 0.25) is 0 Å². The maximum atomic E-state index is 14.7. The standard InChI is InChI=1S/C51H59N5O12/c1-50(2,3)67-48(63)55-40(44-43(59)42(58)41(57)39(66-44)27-53-47(62)65-28-36-34-21-13-11-19-32(34)33-20-12-14-22-35(33)36)46(61)54-37(45(60)52-26-29-16-8-7-9-17-29)25-31-24-30-18-10-15-23-38(30)56(31)49(64)68-51(4,5)6/h7-23,36-37,39-44,57-59H,24-28H2,1-6H3,(H3-,52,53,54,55,60,61,62,63)/p+1/t37-,39?,40?,41+,42-,43?,44-/m0/s1. The number of aliphatic hydroxyl groups is 3. The molecule has 1 aliphatic carbocycles. The third kappa shape index (κ3) is 11.7. The summed E-state index contributed by atoms with van der Waals surface area (Å²) >= 11 is 0. The highest BCUT2D eigenvalue weighted by molar-refractivity contribution is 5.98. The second-order valence-electron chi connectivity index (χ2n) is 19.1. The van der Waals surface area contributed by atoms with Crippen molar-refractivity contribution in [3.8, 4) is 11.1 Å². The lowest BCUT2D eigenvalue weighted by atomic mass is 9.90. The van der Waals surface area contributed by atoms with Gasteiger partial charge >= 0.3 is 18.3 Å². The van der Waals surface area contributed by atoms with Gasteiger partial charge in [0.1, 0.15) is 60.4 Å². The molecule has 0 radical (unpaired) electrons. The quantitative estimate of drug-likeness (QED) is 0.0712. The molecule has 1 saturated heterocycles. The van der Waals surface area contributed by atoms with Gasteiger partial charge in [0.2, 0.25) is 17.5 Å². The zero-order valence-corrected chi connectivity index (χ0v) is 38.9. The number of carbonyl (C=O) groups excluding carboxylic acids is 5. The van der Waals surface area contributed by atoms with Gasteiger partial charge in [0.05, 0.1) is 12.8 Å². The van der Waals surface area contributed by atoms with Crippen molar-refractivity contribution in [2.24, 2.45) is 0 Å².